The first-order valence-corrected chi connectivity index (χ1v) is 6.69. The molecule has 5 nitrogen and oxygen atoms in total. The molecule has 108 valence electrons. The minimum atomic E-state index is -0.220. The minimum absolute atomic E-state index is 0.0230. The third-order valence-electron chi connectivity index (χ3n) is 3.90. The van der Waals surface area contributed by atoms with Crippen LogP contribution < -0.4 is 10.1 Å². The number of benzene rings is 1. The molecule has 1 saturated heterocycles. The SMILES string of the molecule is CNC(=O)[C@@H]1CCC(=O)N(C)[C@H]1c1ccc(OC)cc1. The zero-order valence-corrected chi connectivity index (χ0v) is 12.1. The third-order valence-corrected chi connectivity index (χ3v) is 3.90. The van der Waals surface area contributed by atoms with E-state index < -0.39 is 0 Å². The number of likely N-dealkylation sites (tertiary alicyclic amines) is 1. The van der Waals surface area contributed by atoms with Crippen LogP contribution in [0.25, 0.3) is 0 Å². The van der Waals surface area contributed by atoms with Gasteiger partial charge in [0.15, 0.2) is 0 Å². The molecule has 1 aliphatic rings. The van der Waals surface area contributed by atoms with Crippen LogP contribution in [0.1, 0.15) is 24.4 Å². The van der Waals surface area contributed by atoms with Gasteiger partial charge in [-0.1, -0.05) is 12.1 Å². The lowest BCUT2D eigenvalue weighted by atomic mass is 9.84. The molecule has 0 bridgehead atoms. The van der Waals surface area contributed by atoms with Crippen molar-refractivity contribution in [2.45, 2.75) is 18.9 Å². The summed E-state index contributed by atoms with van der Waals surface area (Å²) in [5.41, 5.74) is 0.954. The summed E-state index contributed by atoms with van der Waals surface area (Å²) in [6.45, 7) is 0. The fourth-order valence-electron chi connectivity index (χ4n) is 2.76. The number of hydrogen-bond donors (Lipinski definition) is 1. The maximum absolute atomic E-state index is 12.1. The Bertz CT molecular complexity index is 498. The number of nitrogens with one attached hydrogen (secondary N) is 1. The molecule has 0 radical (unpaired) electrons. The summed E-state index contributed by atoms with van der Waals surface area (Å²) in [7, 11) is 4.99. The van der Waals surface area contributed by atoms with Crippen molar-refractivity contribution in [3.05, 3.63) is 29.8 Å². The van der Waals surface area contributed by atoms with Crippen LogP contribution in [0.2, 0.25) is 0 Å². The number of hydrogen-bond acceptors (Lipinski definition) is 3. The van der Waals surface area contributed by atoms with Gasteiger partial charge in [0.05, 0.1) is 19.1 Å². The molecular formula is C15H20N2O3. The van der Waals surface area contributed by atoms with Crippen molar-refractivity contribution in [3.63, 3.8) is 0 Å². The minimum Gasteiger partial charge on any atom is -0.497 e. The molecule has 20 heavy (non-hydrogen) atoms. The zero-order valence-electron chi connectivity index (χ0n) is 12.1. The van der Waals surface area contributed by atoms with Gasteiger partial charge in [-0.05, 0) is 24.1 Å². The Morgan fingerprint density at radius 1 is 1.35 bits per heavy atom. The first-order valence-electron chi connectivity index (χ1n) is 6.69. The molecule has 0 spiro atoms. The second-order valence-electron chi connectivity index (χ2n) is 4.98. The summed E-state index contributed by atoms with van der Waals surface area (Å²) in [5, 5.41) is 2.69. The lowest BCUT2D eigenvalue weighted by molar-refractivity contribution is -0.141. The second-order valence-corrected chi connectivity index (χ2v) is 4.98. The van der Waals surface area contributed by atoms with Crippen molar-refractivity contribution in [1.29, 1.82) is 0 Å². The quantitative estimate of drug-likeness (QED) is 0.906. The topological polar surface area (TPSA) is 58.6 Å². The van der Waals surface area contributed by atoms with Gasteiger partial charge in [0, 0.05) is 20.5 Å². The van der Waals surface area contributed by atoms with Crippen LogP contribution in [0.4, 0.5) is 0 Å². The number of ether oxygens (including phenoxy) is 1. The molecule has 0 saturated carbocycles. The smallest absolute Gasteiger partial charge is 0.225 e. The standard InChI is InChI=1S/C15H20N2O3/c1-16-15(19)12-8-9-13(18)17(2)14(12)10-4-6-11(20-3)7-5-10/h4-7,12,14H,8-9H2,1-3H3,(H,16,19)/t12-,14+/m1/s1. The van der Waals surface area contributed by atoms with Crippen LogP contribution in [0.3, 0.4) is 0 Å². The summed E-state index contributed by atoms with van der Waals surface area (Å²) in [5.74, 6) is 0.599. The Morgan fingerprint density at radius 3 is 2.55 bits per heavy atom. The summed E-state index contributed by atoms with van der Waals surface area (Å²) in [6.07, 6.45) is 1.00. The van der Waals surface area contributed by atoms with E-state index in [-0.39, 0.29) is 23.8 Å². The largest absolute Gasteiger partial charge is 0.497 e. The molecule has 0 aliphatic carbocycles. The maximum atomic E-state index is 12.1. The zero-order chi connectivity index (χ0) is 14.7. The highest BCUT2D eigenvalue weighted by Gasteiger charge is 2.38. The van der Waals surface area contributed by atoms with Gasteiger partial charge in [0.2, 0.25) is 11.8 Å². The Hall–Kier alpha value is -2.04. The Morgan fingerprint density at radius 2 is 2.00 bits per heavy atom. The first-order chi connectivity index (χ1) is 9.58. The normalized spacial score (nSPS) is 22.6. The number of methoxy groups -OCH3 is 1. The van der Waals surface area contributed by atoms with Crippen LogP contribution in [-0.2, 0) is 9.59 Å². The molecule has 1 aromatic rings. The lowest BCUT2D eigenvalue weighted by Crippen LogP contribution is -2.45. The van der Waals surface area contributed by atoms with E-state index in [4.69, 9.17) is 4.74 Å². The molecule has 5 heteroatoms. The van der Waals surface area contributed by atoms with E-state index in [1.807, 2.05) is 24.3 Å². The van der Waals surface area contributed by atoms with E-state index in [1.165, 1.54) is 0 Å². The highest BCUT2D eigenvalue weighted by Crippen LogP contribution is 2.36. The van der Waals surface area contributed by atoms with E-state index >= 15 is 0 Å². The molecule has 1 N–H and O–H groups in total. The van der Waals surface area contributed by atoms with E-state index in [0.717, 1.165) is 11.3 Å². The number of rotatable bonds is 3. The van der Waals surface area contributed by atoms with Crippen molar-refractivity contribution in [1.82, 2.24) is 10.2 Å². The summed E-state index contributed by atoms with van der Waals surface area (Å²) in [6, 6.07) is 7.30. The number of nitrogens with zero attached hydrogens (tertiary/aromatic N) is 1. The van der Waals surface area contributed by atoms with E-state index in [0.29, 0.717) is 12.8 Å². The van der Waals surface area contributed by atoms with Gasteiger partial charge in [0.1, 0.15) is 5.75 Å². The Balaban J connectivity index is 2.34. The van der Waals surface area contributed by atoms with Crippen LogP contribution in [0, 0.1) is 5.92 Å². The molecule has 2 atom stereocenters. The monoisotopic (exact) mass is 276 g/mol. The fraction of sp³-hybridized carbons (Fsp3) is 0.467. The molecule has 1 heterocycles. The predicted octanol–water partition coefficient (Wildman–Crippen LogP) is 1.35. The van der Waals surface area contributed by atoms with Crippen LogP contribution in [0.15, 0.2) is 24.3 Å². The summed E-state index contributed by atoms with van der Waals surface area (Å²) >= 11 is 0. The molecule has 2 amide bonds. The van der Waals surface area contributed by atoms with Crippen molar-refractivity contribution in [2.24, 2.45) is 5.92 Å². The van der Waals surface area contributed by atoms with Gasteiger partial charge >= 0.3 is 0 Å². The van der Waals surface area contributed by atoms with Crippen LogP contribution in [0.5, 0.6) is 5.75 Å². The van der Waals surface area contributed by atoms with Gasteiger partial charge in [-0.15, -0.1) is 0 Å². The highest BCUT2D eigenvalue weighted by atomic mass is 16.5. The van der Waals surface area contributed by atoms with E-state index in [9.17, 15) is 9.59 Å². The van der Waals surface area contributed by atoms with E-state index in [2.05, 4.69) is 5.32 Å². The van der Waals surface area contributed by atoms with Crippen molar-refractivity contribution >= 4 is 11.8 Å². The van der Waals surface area contributed by atoms with E-state index in [1.54, 1.807) is 26.1 Å². The van der Waals surface area contributed by atoms with Crippen molar-refractivity contribution in [3.8, 4) is 5.75 Å². The van der Waals surface area contributed by atoms with Gasteiger partial charge in [-0.2, -0.15) is 0 Å². The molecule has 0 unspecified atom stereocenters. The van der Waals surface area contributed by atoms with Gasteiger partial charge in [0.25, 0.3) is 0 Å². The number of amides is 2. The average molecular weight is 276 g/mol. The number of piperidine rings is 1. The van der Waals surface area contributed by atoms with Gasteiger partial charge < -0.3 is 15.0 Å². The van der Waals surface area contributed by atoms with Crippen LogP contribution in [-0.4, -0.2) is 37.9 Å². The number of carbonyl (C=O) groups is 2. The predicted molar refractivity (Wildman–Crippen MR) is 75.3 cm³/mol. The molecule has 2 rings (SSSR count). The Labute approximate surface area is 118 Å². The van der Waals surface area contributed by atoms with Crippen LogP contribution >= 0.6 is 0 Å². The molecular weight excluding hydrogens is 256 g/mol. The highest BCUT2D eigenvalue weighted by molar-refractivity contribution is 5.84. The molecule has 1 fully saturated rings. The van der Waals surface area contributed by atoms with Crippen molar-refractivity contribution < 1.29 is 14.3 Å². The van der Waals surface area contributed by atoms with Gasteiger partial charge in [-0.3, -0.25) is 9.59 Å². The molecule has 1 aromatic carbocycles. The third kappa shape index (κ3) is 2.61. The Kier molecular flexibility index (Phi) is 4.27. The van der Waals surface area contributed by atoms with Crippen molar-refractivity contribution in [2.75, 3.05) is 21.2 Å². The maximum Gasteiger partial charge on any atom is 0.225 e. The summed E-state index contributed by atoms with van der Waals surface area (Å²) in [4.78, 5) is 25.7. The number of carbonyl (C=O) groups excluding carboxylic acids is 2. The fourth-order valence-corrected chi connectivity index (χ4v) is 2.76. The van der Waals surface area contributed by atoms with Gasteiger partial charge in [-0.25, -0.2) is 0 Å². The average Bonchev–Trinajstić information content (AvgIpc) is 2.49. The molecule has 1 aliphatic heterocycles. The first kappa shape index (κ1) is 14.4. The second kappa shape index (κ2) is 5.94. The lowest BCUT2D eigenvalue weighted by Gasteiger charge is -2.38. The molecule has 0 aromatic heterocycles. The summed E-state index contributed by atoms with van der Waals surface area (Å²) < 4.78 is 5.14.